The van der Waals surface area contributed by atoms with E-state index in [0.717, 1.165) is 25.9 Å². The van der Waals surface area contributed by atoms with Crippen molar-refractivity contribution in [2.45, 2.75) is 31.8 Å². The van der Waals surface area contributed by atoms with Crippen LogP contribution >= 0.6 is 0 Å². The molecule has 0 saturated carbocycles. The fourth-order valence-electron chi connectivity index (χ4n) is 2.32. The molecule has 1 fully saturated rings. The van der Waals surface area contributed by atoms with Crippen molar-refractivity contribution >= 4 is 5.91 Å². The molecule has 10 heteroatoms. The Morgan fingerprint density at radius 3 is 2.95 bits per heavy atom. The zero-order chi connectivity index (χ0) is 14.7. The topological polar surface area (TPSA) is 126 Å². The summed E-state index contributed by atoms with van der Waals surface area (Å²) in [6.45, 7) is 3.70. The molecule has 21 heavy (non-hydrogen) atoms. The molecule has 0 bridgehead atoms. The lowest BCUT2D eigenvalue weighted by Crippen LogP contribution is -2.29. The van der Waals surface area contributed by atoms with E-state index in [4.69, 9.17) is 0 Å². The number of piperidine rings is 1. The molecule has 1 unspecified atom stereocenters. The van der Waals surface area contributed by atoms with Crippen LogP contribution in [0.4, 0.5) is 0 Å². The molecule has 1 amide bonds. The number of hydrogen-bond donors (Lipinski definition) is 3. The van der Waals surface area contributed by atoms with E-state index >= 15 is 0 Å². The average molecular weight is 291 g/mol. The van der Waals surface area contributed by atoms with E-state index in [0.29, 0.717) is 17.6 Å². The zero-order valence-corrected chi connectivity index (χ0v) is 11.7. The van der Waals surface area contributed by atoms with E-state index in [-0.39, 0.29) is 11.9 Å². The van der Waals surface area contributed by atoms with Crippen molar-refractivity contribution in [2.24, 2.45) is 0 Å². The van der Waals surface area contributed by atoms with Crippen molar-refractivity contribution in [1.82, 2.24) is 46.3 Å². The van der Waals surface area contributed by atoms with Crippen LogP contribution in [0.15, 0.2) is 6.20 Å². The first-order valence-corrected chi connectivity index (χ1v) is 6.91. The summed E-state index contributed by atoms with van der Waals surface area (Å²) in [6, 6.07) is -0.0461. The lowest BCUT2D eigenvalue weighted by molar-refractivity contribution is 0.0933. The number of nitrogens with zero attached hydrogens (tertiary/aromatic N) is 6. The van der Waals surface area contributed by atoms with Gasteiger partial charge in [-0.05, 0) is 32.9 Å². The lowest BCUT2D eigenvalue weighted by Gasteiger charge is -2.22. The van der Waals surface area contributed by atoms with Crippen LogP contribution in [0.1, 0.15) is 48.2 Å². The average Bonchev–Trinajstić information content (AvgIpc) is 3.20. The summed E-state index contributed by atoms with van der Waals surface area (Å²) >= 11 is 0. The van der Waals surface area contributed by atoms with Crippen LogP contribution < -0.4 is 10.6 Å². The molecular formula is C11H17N9O. The summed E-state index contributed by atoms with van der Waals surface area (Å²) in [7, 11) is 0. The van der Waals surface area contributed by atoms with Crippen molar-refractivity contribution in [3.8, 4) is 0 Å². The van der Waals surface area contributed by atoms with E-state index in [2.05, 4.69) is 41.6 Å². The molecule has 1 aliphatic heterocycles. The molecule has 0 aromatic carbocycles. The molecule has 0 spiro atoms. The van der Waals surface area contributed by atoms with Gasteiger partial charge in [0.05, 0.1) is 18.3 Å². The molecule has 112 valence electrons. The number of amides is 1. The van der Waals surface area contributed by atoms with Crippen LogP contribution in [0.3, 0.4) is 0 Å². The number of tetrazole rings is 1. The lowest BCUT2D eigenvalue weighted by atomic mass is 10.1. The highest BCUT2D eigenvalue weighted by Gasteiger charge is 2.20. The monoisotopic (exact) mass is 291 g/mol. The van der Waals surface area contributed by atoms with Gasteiger partial charge in [-0.1, -0.05) is 10.4 Å². The summed E-state index contributed by atoms with van der Waals surface area (Å²) in [6.07, 6.45) is 3.67. The maximum absolute atomic E-state index is 12.1. The summed E-state index contributed by atoms with van der Waals surface area (Å²) in [4.78, 5) is 12.1. The Hall–Kier alpha value is -2.36. The predicted octanol–water partition coefficient (Wildman–Crippen LogP) is -0.793. The van der Waals surface area contributed by atoms with E-state index in [1.165, 1.54) is 0 Å². The molecule has 1 atom stereocenters. The van der Waals surface area contributed by atoms with Gasteiger partial charge < -0.3 is 10.6 Å². The highest BCUT2D eigenvalue weighted by molar-refractivity contribution is 5.92. The van der Waals surface area contributed by atoms with Gasteiger partial charge >= 0.3 is 0 Å². The van der Waals surface area contributed by atoms with E-state index in [1.807, 2.05) is 0 Å². The normalized spacial score (nSPS) is 17.6. The first-order chi connectivity index (χ1) is 10.2. The molecule has 1 aliphatic rings. The fraction of sp³-hybridized carbons (Fsp3) is 0.636. The highest BCUT2D eigenvalue weighted by Crippen LogP contribution is 2.17. The van der Waals surface area contributed by atoms with Crippen LogP contribution in [0.25, 0.3) is 0 Å². The van der Waals surface area contributed by atoms with E-state index < -0.39 is 0 Å². The Morgan fingerprint density at radius 2 is 2.24 bits per heavy atom. The van der Waals surface area contributed by atoms with Crippen LogP contribution in [-0.4, -0.2) is 54.6 Å². The van der Waals surface area contributed by atoms with Crippen LogP contribution in [0.2, 0.25) is 0 Å². The second-order valence-corrected chi connectivity index (χ2v) is 5.03. The van der Waals surface area contributed by atoms with Crippen molar-refractivity contribution in [3.63, 3.8) is 0 Å². The number of carbonyl (C=O) groups excluding carboxylic acids is 1. The largest absolute Gasteiger partial charge is 0.341 e. The first-order valence-electron chi connectivity index (χ1n) is 6.91. The summed E-state index contributed by atoms with van der Waals surface area (Å²) in [5.41, 5.74) is 0.295. The smallest absolute Gasteiger partial charge is 0.274 e. The summed E-state index contributed by atoms with van der Waals surface area (Å²) in [5.74, 6) is 0.126. The van der Waals surface area contributed by atoms with Crippen molar-refractivity contribution in [2.75, 3.05) is 13.1 Å². The number of nitrogens with one attached hydrogen (secondary N) is 3. The third kappa shape index (κ3) is 3.05. The molecule has 2 aromatic heterocycles. The van der Waals surface area contributed by atoms with Crippen molar-refractivity contribution < 1.29 is 4.79 Å². The molecule has 0 aliphatic carbocycles. The molecular weight excluding hydrogens is 274 g/mol. The minimum Gasteiger partial charge on any atom is -0.341 e. The highest BCUT2D eigenvalue weighted by atomic mass is 16.2. The van der Waals surface area contributed by atoms with Gasteiger partial charge in [0.1, 0.15) is 0 Å². The van der Waals surface area contributed by atoms with Gasteiger partial charge in [-0.3, -0.25) is 4.79 Å². The standard InChI is InChI=1S/C11H17N9O/c1-7(10-15-17-18-16-10)13-11(21)9-6-20(19-14-9)8-2-4-12-5-3-8/h6-8,12H,2-5H2,1H3,(H,13,21)(H,15,16,17,18). The second kappa shape index (κ2) is 5.95. The van der Waals surface area contributed by atoms with Gasteiger partial charge in [0.15, 0.2) is 11.5 Å². The van der Waals surface area contributed by atoms with Gasteiger partial charge in [0, 0.05) is 0 Å². The Labute approximate surface area is 120 Å². The third-order valence-electron chi connectivity index (χ3n) is 3.52. The quantitative estimate of drug-likeness (QED) is 0.673. The van der Waals surface area contributed by atoms with Crippen molar-refractivity contribution in [3.05, 3.63) is 17.7 Å². The molecule has 0 radical (unpaired) electrons. The molecule has 1 saturated heterocycles. The minimum atomic E-state index is -0.347. The maximum Gasteiger partial charge on any atom is 0.274 e. The zero-order valence-electron chi connectivity index (χ0n) is 11.7. The molecule has 10 nitrogen and oxygen atoms in total. The Kier molecular flexibility index (Phi) is 3.86. The fourth-order valence-corrected chi connectivity index (χ4v) is 2.32. The number of carbonyl (C=O) groups is 1. The maximum atomic E-state index is 12.1. The number of hydrogen-bond acceptors (Lipinski definition) is 7. The van der Waals surface area contributed by atoms with Crippen LogP contribution in [0.5, 0.6) is 0 Å². The molecule has 3 N–H and O–H groups in total. The van der Waals surface area contributed by atoms with Gasteiger partial charge in [0.25, 0.3) is 5.91 Å². The Bertz CT molecular complexity index is 587. The van der Waals surface area contributed by atoms with Crippen molar-refractivity contribution in [1.29, 1.82) is 0 Å². The molecule has 3 heterocycles. The molecule has 2 aromatic rings. The van der Waals surface area contributed by atoms with Crippen LogP contribution in [0, 0.1) is 0 Å². The van der Waals surface area contributed by atoms with E-state index in [1.54, 1.807) is 17.8 Å². The Morgan fingerprint density at radius 1 is 1.43 bits per heavy atom. The van der Waals surface area contributed by atoms with E-state index in [9.17, 15) is 4.79 Å². The van der Waals surface area contributed by atoms with Gasteiger partial charge in [-0.2, -0.15) is 5.21 Å². The summed E-state index contributed by atoms with van der Waals surface area (Å²) in [5, 5.41) is 27.5. The SMILES string of the molecule is CC(NC(=O)c1cn(C2CCNCC2)nn1)c1nn[nH]n1. The third-order valence-corrected chi connectivity index (χ3v) is 3.52. The van der Waals surface area contributed by atoms with Crippen LogP contribution in [-0.2, 0) is 0 Å². The predicted molar refractivity (Wildman–Crippen MR) is 71.2 cm³/mol. The molecule has 3 rings (SSSR count). The van der Waals surface area contributed by atoms with Gasteiger partial charge in [-0.25, -0.2) is 4.68 Å². The Balaban J connectivity index is 1.63. The van der Waals surface area contributed by atoms with Gasteiger partial charge in [0.2, 0.25) is 0 Å². The minimum absolute atomic E-state index is 0.295. The number of aromatic nitrogens is 7. The number of H-pyrrole nitrogens is 1. The second-order valence-electron chi connectivity index (χ2n) is 5.03. The number of rotatable bonds is 4. The van der Waals surface area contributed by atoms with Gasteiger partial charge in [-0.15, -0.1) is 15.3 Å². The summed E-state index contributed by atoms with van der Waals surface area (Å²) < 4.78 is 1.77. The number of aromatic amines is 1. The first kappa shape index (κ1) is 13.6.